The number of nitrogens with zero attached hydrogens (tertiary/aromatic N) is 6. The molecule has 4 rings (SSSR count). The number of tetrazole rings is 1. The van der Waals surface area contributed by atoms with Gasteiger partial charge in [-0.3, -0.25) is 4.79 Å². The van der Waals surface area contributed by atoms with Crippen LogP contribution in [-0.4, -0.2) is 36.1 Å². The van der Waals surface area contributed by atoms with Crippen LogP contribution in [0.2, 0.25) is 0 Å². The second-order valence-electron chi connectivity index (χ2n) is 6.04. The average Bonchev–Trinajstić information content (AvgIpc) is 3.16. The molecule has 1 aromatic carbocycles. The van der Waals surface area contributed by atoms with Crippen LogP contribution >= 0.6 is 0 Å². The minimum Gasteiger partial charge on any atom is -0.345 e. The summed E-state index contributed by atoms with van der Waals surface area (Å²) in [7, 11) is 0. The first kappa shape index (κ1) is 15.4. The Kier molecular flexibility index (Phi) is 3.93. The number of hydrogen-bond acceptors (Lipinski definition) is 6. The topological polar surface area (TPSA) is 98.5 Å². The highest BCUT2D eigenvalue weighted by Crippen LogP contribution is 2.28. The number of fused-ring (bicyclic) bond motifs is 1. The zero-order chi connectivity index (χ0) is 17.2. The number of benzene rings is 1. The van der Waals surface area contributed by atoms with Crippen molar-refractivity contribution in [1.29, 1.82) is 0 Å². The summed E-state index contributed by atoms with van der Waals surface area (Å²) in [6, 6.07) is 7.14. The number of hydrogen-bond donors (Lipinski definition) is 1. The Labute approximate surface area is 144 Å². The maximum atomic E-state index is 12.7. The lowest BCUT2D eigenvalue weighted by atomic mass is 9.92. The zero-order valence-electron chi connectivity index (χ0n) is 13.8. The van der Waals surface area contributed by atoms with Crippen molar-refractivity contribution in [2.24, 2.45) is 0 Å². The number of nitrogens with one attached hydrogen (secondary N) is 1. The van der Waals surface area contributed by atoms with Crippen molar-refractivity contribution in [3.63, 3.8) is 0 Å². The van der Waals surface area contributed by atoms with Gasteiger partial charge in [0.2, 0.25) is 0 Å². The zero-order valence-corrected chi connectivity index (χ0v) is 13.8. The van der Waals surface area contributed by atoms with E-state index in [-0.39, 0.29) is 11.9 Å². The van der Waals surface area contributed by atoms with Crippen molar-refractivity contribution in [3.8, 4) is 5.69 Å². The van der Waals surface area contributed by atoms with E-state index in [0.29, 0.717) is 5.56 Å². The minimum atomic E-state index is -0.131. The molecule has 0 saturated carbocycles. The van der Waals surface area contributed by atoms with E-state index in [9.17, 15) is 4.79 Å². The van der Waals surface area contributed by atoms with Gasteiger partial charge in [0.05, 0.1) is 11.7 Å². The Morgan fingerprint density at radius 1 is 1.36 bits per heavy atom. The Morgan fingerprint density at radius 2 is 2.28 bits per heavy atom. The molecule has 0 radical (unpaired) electrons. The summed E-state index contributed by atoms with van der Waals surface area (Å²) in [5.41, 5.74) is 3.35. The highest BCUT2D eigenvalue weighted by molar-refractivity contribution is 5.95. The van der Waals surface area contributed by atoms with E-state index in [2.05, 4.69) is 30.8 Å². The molecule has 3 aromatic rings. The summed E-state index contributed by atoms with van der Waals surface area (Å²) in [6.07, 6.45) is 6.14. The predicted octanol–water partition coefficient (Wildman–Crippen LogP) is 1.57. The first-order valence-corrected chi connectivity index (χ1v) is 8.17. The molecule has 0 fully saturated rings. The van der Waals surface area contributed by atoms with E-state index in [4.69, 9.17) is 0 Å². The Hall–Kier alpha value is -3.16. The third-order valence-corrected chi connectivity index (χ3v) is 4.33. The fraction of sp³-hybridized carbons (Fsp3) is 0.294. The molecule has 0 saturated heterocycles. The lowest BCUT2D eigenvalue weighted by Crippen LogP contribution is -2.31. The van der Waals surface area contributed by atoms with Gasteiger partial charge in [-0.1, -0.05) is 6.07 Å². The summed E-state index contributed by atoms with van der Waals surface area (Å²) in [5, 5.41) is 14.2. The molecule has 1 atom stereocenters. The quantitative estimate of drug-likeness (QED) is 0.780. The van der Waals surface area contributed by atoms with E-state index < -0.39 is 0 Å². The maximum Gasteiger partial charge on any atom is 0.251 e. The van der Waals surface area contributed by atoms with Crippen LogP contribution in [-0.2, 0) is 6.42 Å². The largest absolute Gasteiger partial charge is 0.345 e. The van der Waals surface area contributed by atoms with Gasteiger partial charge in [-0.2, -0.15) is 0 Å². The maximum absolute atomic E-state index is 12.7. The van der Waals surface area contributed by atoms with Crippen LogP contribution in [0.15, 0.2) is 36.8 Å². The SMILES string of the molecule is Cc1ncc2c(n1)CCC[C@H]2NC(=O)c1cccc(-n2cnnn2)c1. The number of aromatic nitrogens is 6. The molecule has 1 N–H and O–H groups in total. The molecule has 0 spiro atoms. The van der Waals surface area contributed by atoms with E-state index in [1.54, 1.807) is 12.1 Å². The molecule has 126 valence electrons. The van der Waals surface area contributed by atoms with Gasteiger partial charge in [0.25, 0.3) is 5.91 Å². The van der Waals surface area contributed by atoms with Crippen LogP contribution in [0.3, 0.4) is 0 Å². The monoisotopic (exact) mass is 335 g/mol. The van der Waals surface area contributed by atoms with Gasteiger partial charge >= 0.3 is 0 Å². The average molecular weight is 335 g/mol. The van der Waals surface area contributed by atoms with Gasteiger partial charge < -0.3 is 5.32 Å². The summed E-state index contributed by atoms with van der Waals surface area (Å²) >= 11 is 0. The fourth-order valence-corrected chi connectivity index (χ4v) is 3.11. The van der Waals surface area contributed by atoms with Crippen LogP contribution in [0.4, 0.5) is 0 Å². The van der Waals surface area contributed by atoms with Gasteiger partial charge in [0.1, 0.15) is 12.2 Å². The summed E-state index contributed by atoms with van der Waals surface area (Å²) in [6.45, 7) is 1.88. The smallest absolute Gasteiger partial charge is 0.251 e. The molecule has 2 heterocycles. The molecule has 0 bridgehead atoms. The Balaban J connectivity index is 1.56. The Bertz CT molecular complexity index is 907. The van der Waals surface area contributed by atoms with E-state index in [1.807, 2.05) is 25.3 Å². The fourth-order valence-electron chi connectivity index (χ4n) is 3.11. The normalized spacial score (nSPS) is 16.3. The molecule has 0 aliphatic heterocycles. The summed E-state index contributed by atoms with van der Waals surface area (Å²) in [4.78, 5) is 21.5. The molecule has 1 aliphatic carbocycles. The molecular formula is C17H17N7O. The standard InChI is InChI=1S/C17H17N7O/c1-11-18-9-14-15(20-11)6-3-7-16(14)21-17(25)12-4-2-5-13(8-12)24-10-19-22-23-24/h2,4-5,8-10,16H,3,6-7H2,1H3,(H,21,25)/t16-/m1/s1. The first-order valence-electron chi connectivity index (χ1n) is 8.17. The van der Waals surface area contributed by atoms with Crippen LogP contribution in [0.25, 0.3) is 5.69 Å². The molecule has 8 nitrogen and oxygen atoms in total. The number of carbonyl (C=O) groups is 1. The molecule has 1 aliphatic rings. The van der Waals surface area contributed by atoms with Crippen LogP contribution in [0, 0.1) is 6.92 Å². The molecule has 2 aromatic heterocycles. The van der Waals surface area contributed by atoms with Crippen molar-refractivity contribution in [1.82, 2.24) is 35.5 Å². The molecule has 25 heavy (non-hydrogen) atoms. The molecule has 0 unspecified atom stereocenters. The van der Waals surface area contributed by atoms with Gasteiger partial charge in [-0.15, -0.1) is 5.10 Å². The van der Waals surface area contributed by atoms with Crippen molar-refractivity contribution in [2.45, 2.75) is 32.2 Å². The van der Waals surface area contributed by atoms with Crippen molar-refractivity contribution >= 4 is 5.91 Å². The lowest BCUT2D eigenvalue weighted by molar-refractivity contribution is 0.0932. The number of amides is 1. The van der Waals surface area contributed by atoms with Gasteiger partial charge in [-0.25, -0.2) is 14.6 Å². The third kappa shape index (κ3) is 3.10. The van der Waals surface area contributed by atoms with E-state index in [0.717, 1.165) is 42.0 Å². The summed E-state index contributed by atoms with van der Waals surface area (Å²) in [5.74, 6) is 0.633. The van der Waals surface area contributed by atoms with Gasteiger partial charge in [0, 0.05) is 23.0 Å². The highest BCUT2D eigenvalue weighted by atomic mass is 16.1. The minimum absolute atomic E-state index is 0.0615. The van der Waals surface area contributed by atoms with Gasteiger partial charge in [-0.05, 0) is 54.8 Å². The van der Waals surface area contributed by atoms with Crippen molar-refractivity contribution in [3.05, 3.63) is 59.4 Å². The van der Waals surface area contributed by atoms with Crippen LogP contribution in [0.1, 0.15) is 46.3 Å². The van der Waals surface area contributed by atoms with Crippen LogP contribution < -0.4 is 5.32 Å². The second-order valence-corrected chi connectivity index (χ2v) is 6.04. The predicted molar refractivity (Wildman–Crippen MR) is 89.1 cm³/mol. The van der Waals surface area contributed by atoms with Gasteiger partial charge in [0.15, 0.2) is 0 Å². The van der Waals surface area contributed by atoms with Crippen molar-refractivity contribution < 1.29 is 4.79 Å². The number of rotatable bonds is 3. The Morgan fingerprint density at radius 3 is 3.12 bits per heavy atom. The van der Waals surface area contributed by atoms with E-state index >= 15 is 0 Å². The summed E-state index contributed by atoms with van der Waals surface area (Å²) < 4.78 is 1.52. The number of carbonyl (C=O) groups excluding carboxylic acids is 1. The first-order chi connectivity index (χ1) is 12.2. The third-order valence-electron chi connectivity index (χ3n) is 4.33. The van der Waals surface area contributed by atoms with Crippen molar-refractivity contribution in [2.75, 3.05) is 0 Å². The van der Waals surface area contributed by atoms with Crippen LogP contribution in [0.5, 0.6) is 0 Å². The molecular weight excluding hydrogens is 318 g/mol. The highest BCUT2D eigenvalue weighted by Gasteiger charge is 2.24. The molecule has 8 heteroatoms. The molecule has 1 amide bonds. The second kappa shape index (κ2) is 6.39. The lowest BCUT2D eigenvalue weighted by Gasteiger charge is -2.25. The van der Waals surface area contributed by atoms with E-state index in [1.165, 1.54) is 11.0 Å². The number of aryl methyl sites for hydroxylation is 2.